The Hall–Kier alpha value is -2.47. The summed E-state index contributed by atoms with van der Waals surface area (Å²) in [6, 6.07) is 4.07. The van der Waals surface area contributed by atoms with E-state index in [0.29, 0.717) is 0 Å². The molecule has 0 saturated heterocycles. The zero-order chi connectivity index (χ0) is 16.3. The minimum Gasteiger partial charge on any atom is -0.308 e. The monoisotopic (exact) mass is 310 g/mol. The first kappa shape index (κ1) is 15.4. The number of nitrogens with one attached hydrogen (secondary N) is 1. The molecule has 0 aliphatic heterocycles. The van der Waals surface area contributed by atoms with Gasteiger partial charge < -0.3 is 5.32 Å². The van der Waals surface area contributed by atoms with Gasteiger partial charge in [-0.2, -0.15) is 5.10 Å². The van der Waals surface area contributed by atoms with Crippen molar-refractivity contribution in [2.75, 3.05) is 0 Å². The van der Waals surface area contributed by atoms with E-state index in [4.69, 9.17) is 0 Å². The van der Waals surface area contributed by atoms with E-state index in [0.717, 1.165) is 24.5 Å². The van der Waals surface area contributed by atoms with Crippen LogP contribution in [0, 0.1) is 0 Å². The highest BCUT2D eigenvalue weighted by atomic mass is 15.3. The van der Waals surface area contributed by atoms with E-state index in [1.54, 1.807) is 12.5 Å². The highest BCUT2D eigenvalue weighted by Crippen LogP contribution is 2.13. The summed E-state index contributed by atoms with van der Waals surface area (Å²) in [4.78, 5) is 8.48. The minimum absolute atomic E-state index is 0.0192. The predicted molar refractivity (Wildman–Crippen MR) is 89.1 cm³/mol. The lowest BCUT2D eigenvalue weighted by atomic mass is 10.1. The molecular formula is C17H22N6. The summed E-state index contributed by atoms with van der Waals surface area (Å²) in [5.74, 6) is 0.873. The fourth-order valence-corrected chi connectivity index (χ4v) is 2.24. The van der Waals surface area contributed by atoms with Crippen LogP contribution in [0.5, 0.6) is 0 Å². The molecule has 1 N–H and O–H groups in total. The number of rotatable bonds is 5. The molecule has 3 heterocycles. The second-order valence-corrected chi connectivity index (χ2v) is 6.56. The normalized spacial score (nSPS) is 11.8. The molecule has 3 aromatic rings. The van der Waals surface area contributed by atoms with E-state index in [9.17, 15) is 0 Å². The van der Waals surface area contributed by atoms with Gasteiger partial charge in [0.2, 0.25) is 0 Å². The van der Waals surface area contributed by atoms with Gasteiger partial charge in [0.05, 0.1) is 11.7 Å². The van der Waals surface area contributed by atoms with Gasteiger partial charge >= 0.3 is 0 Å². The Morgan fingerprint density at radius 1 is 1.09 bits per heavy atom. The third-order valence-corrected chi connectivity index (χ3v) is 3.56. The number of pyridine rings is 1. The van der Waals surface area contributed by atoms with Crippen LogP contribution in [0.4, 0.5) is 0 Å². The largest absolute Gasteiger partial charge is 0.308 e. The van der Waals surface area contributed by atoms with E-state index < -0.39 is 0 Å². The number of nitrogens with zero attached hydrogens (tertiary/aromatic N) is 5. The standard InChI is InChI=1S/C17H22N6/c1-17(2,3)23-12-15(11-21-23)9-19-8-14-4-5-16(20-10-14)22-7-6-18-13-22/h4-7,10-13,19H,8-9H2,1-3H3. The average Bonchev–Trinajstić information content (AvgIpc) is 3.19. The third-order valence-electron chi connectivity index (χ3n) is 3.56. The van der Waals surface area contributed by atoms with Gasteiger partial charge in [0.25, 0.3) is 0 Å². The fourth-order valence-electron chi connectivity index (χ4n) is 2.24. The Labute approximate surface area is 136 Å². The molecule has 0 spiro atoms. The molecule has 120 valence electrons. The molecule has 0 aliphatic rings. The number of hydrogen-bond donors (Lipinski definition) is 1. The minimum atomic E-state index is 0.0192. The number of imidazole rings is 1. The molecule has 0 aliphatic carbocycles. The van der Waals surface area contributed by atoms with Crippen molar-refractivity contribution < 1.29 is 0 Å². The summed E-state index contributed by atoms with van der Waals surface area (Å²) in [6.45, 7) is 8.00. The zero-order valence-electron chi connectivity index (χ0n) is 13.8. The first-order valence-corrected chi connectivity index (χ1v) is 7.70. The van der Waals surface area contributed by atoms with Crippen molar-refractivity contribution in [3.8, 4) is 5.82 Å². The van der Waals surface area contributed by atoms with Gasteiger partial charge in [0.15, 0.2) is 0 Å². The molecule has 6 heteroatoms. The maximum atomic E-state index is 4.45. The topological polar surface area (TPSA) is 60.6 Å². The van der Waals surface area contributed by atoms with E-state index in [1.165, 1.54) is 5.56 Å². The van der Waals surface area contributed by atoms with Crippen LogP contribution >= 0.6 is 0 Å². The van der Waals surface area contributed by atoms with Crippen LogP contribution in [-0.2, 0) is 18.6 Å². The predicted octanol–water partition coefficient (Wildman–Crippen LogP) is 2.51. The lowest BCUT2D eigenvalue weighted by Gasteiger charge is -2.18. The molecule has 0 atom stereocenters. The van der Waals surface area contributed by atoms with E-state index >= 15 is 0 Å². The van der Waals surface area contributed by atoms with E-state index in [1.807, 2.05) is 33.9 Å². The van der Waals surface area contributed by atoms with Crippen LogP contribution in [0.2, 0.25) is 0 Å². The first-order valence-electron chi connectivity index (χ1n) is 7.70. The van der Waals surface area contributed by atoms with Crippen LogP contribution in [0.1, 0.15) is 31.9 Å². The van der Waals surface area contributed by atoms with Gasteiger partial charge in [-0.1, -0.05) is 6.07 Å². The molecule has 3 aromatic heterocycles. The van der Waals surface area contributed by atoms with Crippen molar-refractivity contribution >= 4 is 0 Å². The first-order chi connectivity index (χ1) is 11.0. The smallest absolute Gasteiger partial charge is 0.137 e. The van der Waals surface area contributed by atoms with Crippen molar-refractivity contribution in [1.82, 2.24) is 29.6 Å². The molecule has 0 aromatic carbocycles. The van der Waals surface area contributed by atoms with E-state index in [2.05, 4.69) is 53.4 Å². The second kappa shape index (κ2) is 6.34. The Morgan fingerprint density at radius 2 is 1.91 bits per heavy atom. The highest BCUT2D eigenvalue weighted by molar-refractivity contribution is 5.25. The van der Waals surface area contributed by atoms with Gasteiger partial charge in [-0.25, -0.2) is 9.97 Å². The summed E-state index contributed by atoms with van der Waals surface area (Å²) in [5, 5.41) is 7.83. The molecule has 23 heavy (non-hydrogen) atoms. The molecule has 0 saturated carbocycles. The maximum absolute atomic E-state index is 4.45. The summed E-state index contributed by atoms with van der Waals surface area (Å²) in [7, 11) is 0. The summed E-state index contributed by atoms with van der Waals surface area (Å²) < 4.78 is 3.88. The highest BCUT2D eigenvalue weighted by Gasteiger charge is 2.13. The molecule has 0 amide bonds. The van der Waals surface area contributed by atoms with Crippen molar-refractivity contribution in [2.24, 2.45) is 0 Å². The Balaban J connectivity index is 1.54. The molecule has 3 rings (SSSR count). The zero-order valence-corrected chi connectivity index (χ0v) is 13.8. The lowest BCUT2D eigenvalue weighted by molar-refractivity contribution is 0.355. The summed E-state index contributed by atoms with van der Waals surface area (Å²) in [5.41, 5.74) is 2.35. The van der Waals surface area contributed by atoms with Crippen molar-refractivity contribution in [1.29, 1.82) is 0 Å². The van der Waals surface area contributed by atoms with Gasteiger partial charge in [0.1, 0.15) is 12.1 Å². The molecular weight excluding hydrogens is 288 g/mol. The van der Waals surface area contributed by atoms with Crippen LogP contribution in [0.3, 0.4) is 0 Å². The number of aromatic nitrogens is 5. The van der Waals surface area contributed by atoms with Crippen molar-refractivity contribution in [3.05, 3.63) is 60.6 Å². The molecule has 0 bridgehead atoms. The molecule has 0 radical (unpaired) electrons. The number of hydrogen-bond acceptors (Lipinski definition) is 4. The molecule has 0 fully saturated rings. The van der Waals surface area contributed by atoms with Crippen LogP contribution in [0.25, 0.3) is 5.82 Å². The Kier molecular flexibility index (Phi) is 4.25. The van der Waals surface area contributed by atoms with Gasteiger partial charge in [-0.15, -0.1) is 0 Å². The SMILES string of the molecule is CC(C)(C)n1cc(CNCc2ccc(-n3ccnc3)nc2)cn1. The summed E-state index contributed by atoms with van der Waals surface area (Å²) >= 11 is 0. The molecule has 0 unspecified atom stereocenters. The Morgan fingerprint density at radius 3 is 2.52 bits per heavy atom. The van der Waals surface area contributed by atoms with Crippen molar-refractivity contribution in [2.45, 2.75) is 39.4 Å². The lowest BCUT2D eigenvalue weighted by Crippen LogP contribution is -2.22. The van der Waals surface area contributed by atoms with Gasteiger partial charge in [-0.05, 0) is 32.4 Å². The van der Waals surface area contributed by atoms with Crippen LogP contribution in [0.15, 0.2) is 49.4 Å². The van der Waals surface area contributed by atoms with Crippen molar-refractivity contribution in [3.63, 3.8) is 0 Å². The van der Waals surface area contributed by atoms with Gasteiger partial charge in [-0.3, -0.25) is 9.25 Å². The quantitative estimate of drug-likeness (QED) is 0.786. The second-order valence-electron chi connectivity index (χ2n) is 6.56. The maximum Gasteiger partial charge on any atom is 0.137 e. The summed E-state index contributed by atoms with van der Waals surface area (Å²) in [6.07, 6.45) is 11.3. The van der Waals surface area contributed by atoms with Crippen LogP contribution < -0.4 is 5.32 Å². The van der Waals surface area contributed by atoms with Gasteiger partial charge in [0, 0.05) is 43.4 Å². The molecule has 6 nitrogen and oxygen atoms in total. The fraction of sp³-hybridized carbons (Fsp3) is 0.353. The van der Waals surface area contributed by atoms with E-state index in [-0.39, 0.29) is 5.54 Å². The average molecular weight is 310 g/mol. The van der Waals surface area contributed by atoms with Crippen LogP contribution in [-0.4, -0.2) is 24.3 Å². The Bertz CT molecular complexity index is 734. The third kappa shape index (κ3) is 3.84.